The summed E-state index contributed by atoms with van der Waals surface area (Å²) >= 11 is 0. The highest BCUT2D eigenvalue weighted by Gasteiger charge is 1.95. The van der Waals surface area contributed by atoms with Crippen molar-refractivity contribution < 1.29 is 0 Å². The molecule has 1 aliphatic carbocycles. The molecule has 1 rings (SSSR count). The average Bonchev–Trinajstić information content (AvgIpc) is 2.43. The number of hydrogen-bond donors (Lipinski definition) is 0. The van der Waals surface area contributed by atoms with Gasteiger partial charge in [-0.25, -0.2) is 0 Å². The minimum atomic E-state index is 1.32. The van der Waals surface area contributed by atoms with Crippen LogP contribution >= 0.6 is 0 Å². The van der Waals surface area contributed by atoms with Gasteiger partial charge in [-0.2, -0.15) is 0 Å². The summed E-state index contributed by atoms with van der Waals surface area (Å²) in [6.45, 7) is 0. The molecule has 0 aromatic carbocycles. The molecule has 0 aromatic rings. The Labute approximate surface area is 122 Å². The van der Waals surface area contributed by atoms with E-state index in [1.807, 2.05) is 0 Å². The van der Waals surface area contributed by atoms with Crippen LogP contribution in [-0.4, -0.2) is 0 Å². The second-order valence-electron chi connectivity index (χ2n) is 6.35. The molecule has 1 aliphatic rings. The Morgan fingerprint density at radius 3 is 0.737 bits per heavy atom. The summed E-state index contributed by atoms with van der Waals surface area (Å²) in [5, 5.41) is 0. The van der Waals surface area contributed by atoms with Gasteiger partial charge >= 0.3 is 0 Å². The molecule has 0 radical (unpaired) electrons. The van der Waals surface area contributed by atoms with Crippen LogP contribution < -0.4 is 0 Å². The van der Waals surface area contributed by atoms with Gasteiger partial charge in [0.2, 0.25) is 0 Å². The summed E-state index contributed by atoms with van der Waals surface area (Å²) in [7, 11) is 0. The van der Waals surface area contributed by atoms with Crippen LogP contribution in [0.2, 0.25) is 0 Å². The molecular formula is C19H36. The van der Waals surface area contributed by atoms with Gasteiger partial charge in [0.05, 0.1) is 0 Å². The van der Waals surface area contributed by atoms with Crippen molar-refractivity contribution >= 4 is 0 Å². The zero-order valence-electron chi connectivity index (χ0n) is 13.2. The third-order valence-electron chi connectivity index (χ3n) is 4.41. The highest BCUT2D eigenvalue weighted by atomic mass is 14.0. The van der Waals surface area contributed by atoms with Crippen molar-refractivity contribution in [2.24, 2.45) is 0 Å². The molecule has 19 heavy (non-hydrogen) atoms. The van der Waals surface area contributed by atoms with Crippen LogP contribution in [0.15, 0.2) is 12.2 Å². The SMILES string of the molecule is C1=CCCCCCCCCCCCCCCCCC1. The van der Waals surface area contributed by atoms with Crippen molar-refractivity contribution in [1.29, 1.82) is 0 Å². The second-order valence-corrected chi connectivity index (χ2v) is 6.35. The Kier molecular flexibility index (Phi) is 12.5. The molecule has 0 amide bonds. The van der Waals surface area contributed by atoms with Crippen LogP contribution in [0.25, 0.3) is 0 Å². The smallest absolute Gasteiger partial charge is 0.0351 e. The third-order valence-corrected chi connectivity index (χ3v) is 4.41. The highest BCUT2D eigenvalue weighted by molar-refractivity contribution is 4.81. The van der Waals surface area contributed by atoms with E-state index in [0.717, 1.165) is 0 Å². The van der Waals surface area contributed by atoms with Gasteiger partial charge in [0, 0.05) is 0 Å². The average molecular weight is 264 g/mol. The molecule has 0 heteroatoms. The summed E-state index contributed by atoms with van der Waals surface area (Å²) in [4.78, 5) is 0. The molecule has 0 nitrogen and oxygen atoms in total. The Balaban J connectivity index is 2.06. The van der Waals surface area contributed by atoms with Gasteiger partial charge in [-0.1, -0.05) is 95.6 Å². The summed E-state index contributed by atoms with van der Waals surface area (Å²) in [5.41, 5.74) is 0. The van der Waals surface area contributed by atoms with E-state index in [0.29, 0.717) is 0 Å². The fourth-order valence-corrected chi connectivity index (χ4v) is 3.06. The molecule has 0 aliphatic heterocycles. The lowest BCUT2D eigenvalue weighted by atomic mass is 10.0. The zero-order valence-corrected chi connectivity index (χ0v) is 13.2. The molecule has 0 saturated carbocycles. The first-order chi connectivity index (χ1) is 9.50. The molecule has 0 heterocycles. The lowest BCUT2D eigenvalue weighted by Gasteiger charge is -2.03. The van der Waals surface area contributed by atoms with E-state index in [-0.39, 0.29) is 0 Å². The minimum absolute atomic E-state index is 1.32. The van der Waals surface area contributed by atoms with Gasteiger partial charge in [-0.15, -0.1) is 0 Å². The third kappa shape index (κ3) is 12.5. The van der Waals surface area contributed by atoms with Crippen molar-refractivity contribution in [2.75, 3.05) is 0 Å². The summed E-state index contributed by atoms with van der Waals surface area (Å²) in [6, 6.07) is 0. The maximum Gasteiger partial charge on any atom is -0.0351 e. The maximum atomic E-state index is 2.42. The molecule has 0 saturated heterocycles. The first-order valence-electron chi connectivity index (χ1n) is 9.15. The molecule has 0 fully saturated rings. The van der Waals surface area contributed by atoms with Gasteiger partial charge in [-0.05, 0) is 25.7 Å². The maximum absolute atomic E-state index is 2.42. The van der Waals surface area contributed by atoms with E-state index in [1.165, 1.54) is 109 Å². The van der Waals surface area contributed by atoms with Gasteiger partial charge in [0.1, 0.15) is 0 Å². The summed E-state index contributed by atoms with van der Waals surface area (Å²) in [5.74, 6) is 0. The van der Waals surface area contributed by atoms with Crippen LogP contribution in [0.3, 0.4) is 0 Å². The molecule has 112 valence electrons. The van der Waals surface area contributed by atoms with E-state index in [2.05, 4.69) is 12.2 Å². The van der Waals surface area contributed by atoms with Crippen molar-refractivity contribution in [3.05, 3.63) is 12.2 Å². The van der Waals surface area contributed by atoms with E-state index in [4.69, 9.17) is 0 Å². The van der Waals surface area contributed by atoms with Crippen LogP contribution in [0.5, 0.6) is 0 Å². The second kappa shape index (κ2) is 14.2. The van der Waals surface area contributed by atoms with Crippen molar-refractivity contribution in [1.82, 2.24) is 0 Å². The van der Waals surface area contributed by atoms with Crippen molar-refractivity contribution in [2.45, 2.75) is 109 Å². The standard InChI is InChI=1S/C19H36/c1-2-4-6-8-10-12-14-16-18-19-17-15-13-11-9-7-5-3-1/h1-2H,3-19H2. The van der Waals surface area contributed by atoms with Crippen molar-refractivity contribution in [3.63, 3.8) is 0 Å². The normalized spacial score (nSPS) is 23.2. The predicted octanol–water partition coefficient (Wildman–Crippen LogP) is 7.19. The van der Waals surface area contributed by atoms with Crippen LogP contribution in [-0.2, 0) is 0 Å². The Bertz CT molecular complexity index is 172. The fraction of sp³-hybridized carbons (Fsp3) is 0.895. The van der Waals surface area contributed by atoms with Gasteiger partial charge < -0.3 is 0 Å². The van der Waals surface area contributed by atoms with Gasteiger partial charge in [-0.3, -0.25) is 0 Å². The Hall–Kier alpha value is -0.260. The van der Waals surface area contributed by atoms with E-state index >= 15 is 0 Å². The topological polar surface area (TPSA) is 0 Å². The summed E-state index contributed by atoms with van der Waals surface area (Å²) in [6.07, 6.45) is 29.5. The number of allylic oxidation sites excluding steroid dienone is 2. The number of hydrogen-bond acceptors (Lipinski definition) is 0. The lowest BCUT2D eigenvalue weighted by molar-refractivity contribution is 0.532. The van der Waals surface area contributed by atoms with E-state index in [1.54, 1.807) is 0 Å². The van der Waals surface area contributed by atoms with Crippen molar-refractivity contribution in [3.8, 4) is 0 Å². The summed E-state index contributed by atoms with van der Waals surface area (Å²) < 4.78 is 0. The largest absolute Gasteiger partial charge is 0.0885 e. The first-order valence-corrected chi connectivity index (χ1v) is 9.15. The van der Waals surface area contributed by atoms with E-state index < -0.39 is 0 Å². The monoisotopic (exact) mass is 264 g/mol. The molecule has 0 N–H and O–H groups in total. The quantitative estimate of drug-likeness (QED) is 0.406. The minimum Gasteiger partial charge on any atom is -0.0885 e. The van der Waals surface area contributed by atoms with Crippen LogP contribution in [0, 0.1) is 0 Å². The van der Waals surface area contributed by atoms with Crippen LogP contribution in [0.1, 0.15) is 109 Å². The zero-order chi connectivity index (χ0) is 13.4. The number of rotatable bonds is 0. The Morgan fingerprint density at radius 1 is 0.263 bits per heavy atom. The first kappa shape index (κ1) is 16.8. The molecule has 0 bridgehead atoms. The predicted molar refractivity (Wildman–Crippen MR) is 87.6 cm³/mol. The molecule has 0 spiro atoms. The van der Waals surface area contributed by atoms with Crippen LogP contribution in [0.4, 0.5) is 0 Å². The molecule has 0 atom stereocenters. The molecular weight excluding hydrogens is 228 g/mol. The molecule has 0 aromatic heterocycles. The van der Waals surface area contributed by atoms with E-state index in [9.17, 15) is 0 Å². The fourth-order valence-electron chi connectivity index (χ4n) is 3.06. The van der Waals surface area contributed by atoms with Gasteiger partial charge in [0.15, 0.2) is 0 Å². The van der Waals surface area contributed by atoms with Gasteiger partial charge in [0.25, 0.3) is 0 Å². The Morgan fingerprint density at radius 2 is 0.474 bits per heavy atom. The molecule has 0 unspecified atom stereocenters. The lowest BCUT2D eigenvalue weighted by Crippen LogP contribution is -1.83. The highest BCUT2D eigenvalue weighted by Crippen LogP contribution is 2.14.